The first-order valence-corrected chi connectivity index (χ1v) is 5.72. The number of hydrazine groups is 1. The normalized spacial score (nSPS) is 10.7. The number of anilines is 1. The molecule has 0 aromatic heterocycles. The molecule has 0 radical (unpaired) electrons. The van der Waals surface area contributed by atoms with Gasteiger partial charge in [-0.25, -0.2) is 9.40 Å². The van der Waals surface area contributed by atoms with Gasteiger partial charge in [0, 0.05) is 24.8 Å². The van der Waals surface area contributed by atoms with E-state index in [1.54, 1.807) is 12.1 Å². The summed E-state index contributed by atoms with van der Waals surface area (Å²) in [6, 6.07) is 6.27. The summed E-state index contributed by atoms with van der Waals surface area (Å²) in [5.74, 6) is 0.731. The van der Waals surface area contributed by atoms with Crippen LogP contribution in [0.15, 0.2) is 24.3 Å². The molecule has 0 saturated heterocycles. The Morgan fingerprint density at radius 3 is 2.40 bits per heavy atom. The van der Waals surface area contributed by atoms with Gasteiger partial charge in [0.25, 0.3) is 0 Å². The van der Waals surface area contributed by atoms with Gasteiger partial charge in [-0.15, -0.1) is 23.2 Å². The lowest BCUT2D eigenvalue weighted by atomic mass is 10.3. The average Bonchev–Trinajstić information content (AvgIpc) is 2.18. The number of nitrogens with zero attached hydrogens (tertiary/aromatic N) is 1. The van der Waals surface area contributed by atoms with Crippen LogP contribution in [-0.2, 0) is 0 Å². The molecule has 0 heterocycles. The van der Waals surface area contributed by atoms with Gasteiger partial charge in [0.15, 0.2) is 0 Å². The lowest BCUT2D eigenvalue weighted by Gasteiger charge is -2.22. The number of benzene rings is 1. The van der Waals surface area contributed by atoms with E-state index >= 15 is 0 Å². The molecule has 0 spiro atoms. The van der Waals surface area contributed by atoms with Crippen LogP contribution in [0.25, 0.3) is 0 Å². The van der Waals surface area contributed by atoms with Gasteiger partial charge in [-0.05, 0) is 18.2 Å². The molecule has 0 aliphatic rings. The maximum Gasteiger partial charge on any atom is 0.125 e. The van der Waals surface area contributed by atoms with Crippen LogP contribution in [-0.4, -0.2) is 29.9 Å². The van der Waals surface area contributed by atoms with Crippen LogP contribution in [0.2, 0.25) is 0 Å². The third-order valence-corrected chi connectivity index (χ3v) is 2.16. The maximum atomic E-state index is 12.9. The van der Waals surface area contributed by atoms with E-state index in [-0.39, 0.29) is 5.82 Å². The number of hydrogen-bond donors (Lipinski definition) is 1. The summed E-state index contributed by atoms with van der Waals surface area (Å²) < 4.78 is 12.9. The minimum absolute atomic E-state index is 0.267. The summed E-state index contributed by atoms with van der Waals surface area (Å²) in [5.41, 5.74) is 3.75. The molecule has 1 aromatic rings. The number of alkyl halides is 2. The number of rotatable bonds is 6. The van der Waals surface area contributed by atoms with Crippen molar-refractivity contribution in [2.75, 3.05) is 30.3 Å². The lowest BCUT2D eigenvalue weighted by molar-refractivity contribution is 0.371. The van der Waals surface area contributed by atoms with Gasteiger partial charge < -0.3 is 5.43 Å². The minimum Gasteiger partial charge on any atom is -0.319 e. The van der Waals surface area contributed by atoms with E-state index in [0.29, 0.717) is 30.5 Å². The zero-order chi connectivity index (χ0) is 11.1. The molecule has 0 fully saturated rings. The molecule has 1 rings (SSSR count). The first kappa shape index (κ1) is 12.6. The third-order valence-electron chi connectivity index (χ3n) is 1.82. The van der Waals surface area contributed by atoms with Crippen molar-refractivity contribution in [1.82, 2.24) is 5.01 Å². The van der Waals surface area contributed by atoms with E-state index in [4.69, 9.17) is 23.2 Å². The Hall–Kier alpha value is -0.510. The Morgan fingerprint density at radius 2 is 1.87 bits per heavy atom. The van der Waals surface area contributed by atoms with Crippen LogP contribution in [0.5, 0.6) is 0 Å². The van der Waals surface area contributed by atoms with Crippen LogP contribution in [0.4, 0.5) is 10.1 Å². The summed E-state index contributed by atoms with van der Waals surface area (Å²) in [6.45, 7) is 1.32. The zero-order valence-corrected chi connectivity index (χ0v) is 9.73. The quantitative estimate of drug-likeness (QED) is 0.617. The Kier molecular flexibility index (Phi) is 5.76. The highest BCUT2D eigenvalue weighted by molar-refractivity contribution is 6.18. The fourth-order valence-electron chi connectivity index (χ4n) is 1.17. The van der Waals surface area contributed by atoms with E-state index in [2.05, 4.69) is 5.43 Å². The highest BCUT2D eigenvalue weighted by Gasteiger charge is 2.03. The molecular weight excluding hydrogens is 238 g/mol. The van der Waals surface area contributed by atoms with E-state index in [0.717, 1.165) is 0 Å². The van der Waals surface area contributed by atoms with Crippen molar-refractivity contribution in [2.45, 2.75) is 0 Å². The van der Waals surface area contributed by atoms with Gasteiger partial charge in [-0.2, -0.15) is 0 Å². The molecular formula is C10H13Cl2FN2. The molecule has 84 valence electrons. The fraction of sp³-hybridized carbons (Fsp3) is 0.400. The monoisotopic (exact) mass is 250 g/mol. The summed E-state index contributed by atoms with van der Waals surface area (Å²) in [6.07, 6.45) is 0. The molecule has 0 amide bonds. The predicted molar refractivity (Wildman–Crippen MR) is 63.0 cm³/mol. The molecule has 0 aliphatic carbocycles. The SMILES string of the molecule is Fc1cccc(NN(CCCl)CCCl)c1. The van der Waals surface area contributed by atoms with Crippen molar-refractivity contribution < 1.29 is 4.39 Å². The number of hydrogen-bond acceptors (Lipinski definition) is 2. The van der Waals surface area contributed by atoms with Gasteiger partial charge in [-0.1, -0.05) is 6.07 Å². The Balaban J connectivity index is 2.56. The minimum atomic E-state index is -0.267. The van der Waals surface area contributed by atoms with Crippen molar-refractivity contribution in [2.24, 2.45) is 0 Å². The largest absolute Gasteiger partial charge is 0.319 e. The van der Waals surface area contributed by atoms with Gasteiger partial charge in [0.2, 0.25) is 0 Å². The van der Waals surface area contributed by atoms with Crippen LogP contribution in [0, 0.1) is 5.82 Å². The predicted octanol–water partition coefficient (Wildman–Crippen LogP) is 2.93. The van der Waals surface area contributed by atoms with Gasteiger partial charge in [0.1, 0.15) is 5.82 Å². The van der Waals surface area contributed by atoms with E-state index < -0.39 is 0 Å². The van der Waals surface area contributed by atoms with E-state index in [9.17, 15) is 4.39 Å². The van der Waals surface area contributed by atoms with Gasteiger partial charge in [0.05, 0.1) is 5.69 Å². The van der Waals surface area contributed by atoms with Crippen LogP contribution in [0.3, 0.4) is 0 Å². The first-order valence-electron chi connectivity index (χ1n) is 4.65. The lowest BCUT2D eigenvalue weighted by Crippen LogP contribution is -2.33. The number of nitrogens with one attached hydrogen (secondary N) is 1. The summed E-state index contributed by atoms with van der Waals surface area (Å²) in [7, 11) is 0. The van der Waals surface area contributed by atoms with Crippen molar-refractivity contribution in [3.05, 3.63) is 30.1 Å². The van der Waals surface area contributed by atoms with Crippen molar-refractivity contribution in [1.29, 1.82) is 0 Å². The second-order valence-corrected chi connectivity index (χ2v) is 3.74. The molecule has 1 N–H and O–H groups in total. The van der Waals surface area contributed by atoms with Crippen molar-refractivity contribution in [3.8, 4) is 0 Å². The highest BCUT2D eigenvalue weighted by Crippen LogP contribution is 2.10. The molecule has 0 atom stereocenters. The average molecular weight is 251 g/mol. The van der Waals surface area contributed by atoms with Crippen molar-refractivity contribution >= 4 is 28.9 Å². The molecule has 0 aliphatic heterocycles. The maximum absolute atomic E-state index is 12.9. The summed E-state index contributed by atoms with van der Waals surface area (Å²) in [4.78, 5) is 0. The van der Waals surface area contributed by atoms with E-state index in [1.807, 2.05) is 5.01 Å². The first-order chi connectivity index (χ1) is 7.26. The second kappa shape index (κ2) is 6.88. The molecule has 0 saturated carbocycles. The Labute approximate surface area is 98.9 Å². The van der Waals surface area contributed by atoms with Crippen LogP contribution < -0.4 is 5.43 Å². The molecule has 1 aromatic carbocycles. The third kappa shape index (κ3) is 4.69. The molecule has 5 heteroatoms. The van der Waals surface area contributed by atoms with Crippen LogP contribution in [0.1, 0.15) is 0 Å². The fourth-order valence-corrected chi connectivity index (χ4v) is 1.58. The zero-order valence-electron chi connectivity index (χ0n) is 8.22. The van der Waals surface area contributed by atoms with Crippen LogP contribution >= 0.6 is 23.2 Å². The summed E-state index contributed by atoms with van der Waals surface area (Å²) in [5, 5.41) is 1.86. The van der Waals surface area contributed by atoms with Crippen molar-refractivity contribution in [3.63, 3.8) is 0 Å². The molecule has 2 nitrogen and oxygen atoms in total. The van der Waals surface area contributed by atoms with Gasteiger partial charge >= 0.3 is 0 Å². The van der Waals surface area contributed by atoms with E-state index in [1.165, 1.54) is 12.1 Å². The smallest absolute Gasteiger partial charge is 0.125 e. The Morgan fingerprint density at radius 1 is 1.20 bits per heavy atom. The van der Waals surface area contributed by atoms with Gasteiger partial charge in [-0.3, -0.25) is 0 Å². The molecule has 0 unspecified atom stereocenters. The second-order valence-electron chi connectivity index (χ2n) is 2.99. The topological polar surface area (TPSA) is 15.3 Å². The standard InChI is InChI=1S/C10H13Cl2FN2/c11-4-6-15(7-5-12)14-10-3-1-2-9(13)8-10/h1-3,8,14H,4-7H2. The highest BCUT2D eigenvalue weighted by atomic mass is 35.5. The molecule has 0 bridgehead atoms. The molecule has 15 heavy (non-hydrogen) atoms. The number of halogens is 3. The summed E-state index contributed by atoms with van der Waals surface area (Å²) >= 11 is 11.3. The Bertz CT molecular complexity index is 291.